The van der Waals surface area contributed by atoms with Crippen LogP contribution in [0, 0.1) is 0 Å². The average molecular weight is 388 g/mol. The van der Waals surface area contributed by atoms with Crippen LogP contribution in [0.25, 0.3) is 0 Å². The molecule has 6 heteroatoms. The molecule has 1 amide bonds. The van der Waals surface area contributed by atoms with Crippen molar-refractivity contribution in [2.45, 2.75) is 39.0 Å². The fraction of sp³-hybridized carbons (Fsp3) is 0.524. The Kier molecular flexibility index (Phi) is 6.05. The van der Waals surface area contributed by atoms with E-state index in [4.69, 9.17) is 9.72 Å². The number of carbonyl (C=O) groups is 1. The molecule has 3 rings (SSSR count). The van der Waals surface area contributed by atoms with Gasteiger partial charge in [-0.05, 0) is 12.1 Å². The van der Waals surface area contributed by atoms with Gasteiger partial charge in [0.25, 0.3) is 0 Å². The van der Waals surface area contributed by atoms with Crippen LogP contribution in [-0.2, 0) is 16.6 Å². The number of piperazine rings is 1. The van der Waals surface area contributed by atoms with Gasteiger partial charge in [0.15, 0.2) is 0 Å². The molecule has 1 fully saturated rings. The Morgan fingerprint density at radius 2 is 1.89 bits per heavy atom. The molecule has 5 nitrogen and oxygen atoms in total. The van der Waals surface area contributed by atoms with Crippen LogP contribution in [0.4, 0.5) is 5.69 Å². The Bertz CT molecular complexity index is 774. The molecule has 0 saturated carbocycles. The number of carbonyl (C=O) groups excluding carboxylic acids is 1. The van der Waals surface area contributed by atoms with Gasteiger partial charge in [0.2, 0.25) is 5.91 Å². The Hall–Kier alpha value is -2.08. The molecule has 1 aliphatic rings. The van der Waals surface area contributed by atoms with Crippen LogP contribution < -0.4 is 9.64 Å². The Labute approximate surface area is 166 Å². The van der Waals surface area contributed by atoms with Crippen LogP contribution in [0.1, 0.15) is 37.9 Å². The zero-order valence-electron chi connectivity index (χ0n) is 16.7. The van der Waals surface area contributed by atoms with Crippen LogP contribution >= 0.6 is 11.3 Å². The largest absolute Gasteiger partial charge is 0.495 e. The summed E-state index contributed by atoms with van der Waals surface area (Å²) in [6, 6.07) is 8.05. The zero-order chi connectivity index (χ0) is 19.4. The number of ether oxygens (including phenoxy) is 1. The van der Waals surface area contributed by atoms with Gasteiger partial charge in [-0.15, -0.1) is 11.3 Å². The van der Waals surface area contributed by atoms with Crippen molar-refractivity contribution in [3.63, 3.8) is 0 Å². The van der Waals surface area contributed by atoms with Crippen molar-refractivity contribution in [2.75, 3.05) is 38.2 Å². The van der Waals surface area contributed by atoms with E-state index in [1.54, 1.807) is 18.4 Å². The lowest BCUT2D eigenvalue weighted by Gasteiger charge is -2.36. The third-order valence-electron chi connectivity index (χ3n) is 4.93. The zero-order valence-corrected chi connectivity index (χ0v) is 17.5. The molecule has 0 unspecified atom stereocenters. The molecule has 2 heterocycles. The monoisotopic (exact) mass is 387 g/mol. The number of para-hydroxylation sites is 2. The SMILES string of the molecule is COc1ccccc1N1CCN(C(=O)CCc2nc(C(C)(C)C)cs2)CC1. The van der Waals surface area contributed by atoms with E-state index in [1.807, 2.05) is 23.1 Å². The van der Waals surface area contributed by atoms with Gasteiger partial charge in [-0.2, -0.15) is 0 Å². The molecule has 0 bridgehead atoms. The molecular weight excluding hydrogens is 358 g/mol. The van der Waals surface area contributed by atoms with E-state index < -0.39 is 0 Å². The highest BCUT2D eigenvalue weighted by Gasteiger charge is 2.23. The summed E-state index contributed by atoms with van der Waals surface area (Å²) in [6.07, 6.45) is 1.26. The number of benzene rings is 1. The van der Waals surface area contributed by atoms with Crippen molar-refractivity contribution >= 4 is 22.9 Å². The molecule has 0 atom stereocenters. The number of aryl methyl sites for hydroxylation is 1. The lowest BCUT2D eigenvalue weighted by molar-refractivity contribution is -0.131. The van der Waals surface area contributed by atoms with Crippen LogP contribution in [-0.4, -0.2) is 49.1 Å². The highest BCUT2D eigenvalue weighted by Crippen LogP contribution is 2.28. The quantitative estimate of drug-likeness (QED) is 0.784. The predicted octanol–water partition coefficient (Wildman–Crippen LogP) is 3.73. The number of nitrogens with zero attached hydrogens (tertiary/aromatic N) is 3. The molecule has 0 spiro atoms. The molecule has 146 valence electrons. The summed E-state index contributed by atoms with van der Waals surface area (Å²) in [5.41, 5.74) is 2.28. The normalized spacial score (nSPS) is 15.1. The second-order valence-electron chi connectivity index (χ2n) is 7.92. The molecule has 1 aliphatic heterocycles. The summed E-state index contributed by atoms with van der Waals surface area (Å²) in [6.45, 7) is 9.66. The smallest absolute Gasteiger partial charge is 0.223 e. The maximum atomic E-state index is 12.6. The minimum atomic E-state index is 0.0631. The number of hydrogen-bond acceptors (Lipinski definition) is 5. The highest BCUT2D eigenvalue weighted by molar-refractivity contribution is 7.09. The van der Waals surface area contributed by atoms with Gasteiger partial charge in [-0.1, -0.05) is 32.9 Å². The predicted molar refractivity (Wildman–Crippen MR) is 111 cm³/mol. The Balaban J connectivity index is 1.51. The minimum Gasteiger partial charge on any atom is -0.495 e. The van der Waals surface area contributed by atoms with Gasteiger partial charge in [0.1, 0.15) is 5.75 Å². The first-order valence-corrected chi connectivity index (χ1v) is 10.4. The van der Waals surface area contributed by atoms with Crippen molar-refractivity contribution in [3.8, 4) is 5.75 Å². The van der Waals surface area contributed by atoms with Crippen LogP contribution in [0.3, 0.4) is 0 Å². The molecule has 0 radical (unpaired) electrons. The number of hydrogen-bond donors (Lipinski definition) is 0. The van der Waals surface area contributed by atoms with E-state index in [2.05, 4.69) is 37.1 Å². The average Bonchev–Trinajstić information content (AvgIpc) is 3.16. The second kappa shape index (κ2) is 8.30. The van der Waals surface area contributed by atoms with Gasteiger partial charge in [0, 0.05) is 49.8 Å². The summed E-state index contributed by atoms with van der Waals surface area (Å²) in [5, 5.41) is 3.17. The molecule has 0 aliphatic carbocycles. The molecule has 1 saturated heterocycles. The van der Waals surface area contributed by atoms with Gasteiger partial charge >= 0.3 is 0 Å². The maximum Gasteiger partial charge on any atom is 0.223 e. The lowest BCUT2D eigenvalue weighted by atomic mass is 9.93. The number of anilines is 1. The fourth-order valence-corrected chi connectivity index (χ4v) is 4.25. The van der Waals surface area contributed by atoms with E-state index in [-0.39, 0.29) is 11.3 Å². The Morgan fingerprint density at radius 1 is 1.19 bits per heavy atom. The topological polar surface area (TPSA) is 45.7 Å². The lowest BCUT2D eigenvalue weighted by Crippen LogP contribution is -2.48. The minimum absolute atomic E-state index is 0.0631. The van der Waals surface area contributed by atoms with Crippen molar-refractivity contribution in [3.05, 3.63) is 40.3 Å². The third kappa shape index (κ3) is 4.80. The van der Waals surface area contributed by atoms with Gasteiger partial charge in [-0.3, -0.25) is 4.79 Å². The summed E-state index contributed by atoms with van der Waals surface area (Å²) in [5.74, 6) is 1.11. The summed E-state index contributed by atoms with van der Waals surface area (Å²) < 4.78 is 5.46. The molecule has 2 aromatic rings. The molecular formula is C21H29N3O2S. The third-order valence-corrected chi connectivity index (χ3v) is 5.84. The second-order valence-corrected chi connectivity index (χ2v) is 8.86. The van der Waals surface area contributed by atoms with Gasteiger partial charge < -0.3 is 14.5 Å². The van der Waals surface area contributed by atoms with Crippen molar-refractivity contribution in [1.82, 2.24) is 9.88 Å². The van der Waals surface area contributed by atoms with E-state index in [0.29, 0.717) is 6.42 Å². The first kappa shape index (κ1) is 19.7. The van der Waals surface area contributed by atoms with E-state index in [0.717, 1.165) is 54.7 Å². The summed E-state index contributed by atoms with van der Waals surface area (Å²) in [4.78, 5) is 21.6. The molecule has 27 heavy (non-hydrogen) atoms. The van der Waals surface area contributed by atoms with E-state index >= 15 is 0 Å². The number of aromatic nitrogens is 1. The van der Waals surface area contributed by atoms with Crippen molar-refractivity contribution in [1.29, 1.82) is 0 Å². The summed E-state index contributed by atoms with van der Waals surface area (Å²) in [7, 11) is 1.70. The number of methoxy groups -OCH3 is 1. The fourth-order valence-electron chi connectivity index (χ4n) is 3.23. The highest BCUT2D eigenvalue weighted by atomic mass is 32.1. The summed E-state index contributed by atoms with van der Waals surface area (Å²) >= 11 is 1.66. The van der Waals surface area contributed by atoms with Crippen LogP contribution in [0.15, 0.2) is 29.6 Å². The van der Waals surface area contributed by atoms with E-state index in [9.17, 15) is 4.79 Å². The molecule has 0 N–H and O–H groups in total. The number of amides is 1. The first-order valence-electron chi connectivity index (χ1n) is 9.49. The van der Waals surface area contributed by atoms with Crippen molar-refractivity contribution in [2.24, 2.45) is 0 Å². The number of thiazole rings is 1. The maximum absolute atomic E-state index is 12.6. The van der Waals surface area contributed by atoms with Crippen LogP contribution in [0.2, 0.25) is 0 Å². The Morgan fingerprint density at radius 3 is 2.52 bits per heavy atom. The number of rotatable bonds is 5. The molecule has 1 aromatic carbocycles. The van der Waals surface area contributed by atoms with Crippen molar-refractivity contribution < 1.29 is 9.53 Å². The first-order chi connectivity index (χ1) is 12.9. The van der Waals surface area contributed by atoms with Gasteiger partial charge in [0.05, 0.1) is 23.5 Å². The molecule has 1 aromatic heterocycles. The standard InChI is InChI=1S/C21H29N3O2S/c1-21(2,3)18-15-27-19(22-18)9-10-20(25)24-13-11-23(12-14-24)16-7-5-6-8-17(16)26-4/h5-8,15H,9-14H2,1-4H3. The van der Waals surface area contributed by atoms with Crippen LogP contribution in [0.5, 0.6) is 5.75 Å². The van der Waals surface area contributed by atoms with Gasteiger partial charge in [-0.25, -0.2) is 4.98 Å². The van der Waals surface area contributed by atoms with E-state index in [1.165, 1.54) is 0 Å².